The number of para-hydroxylation sites is 1. The summed E-state index contributed by atoms with van der Waals surface area (Å²) in [4.78, 5) is 32.4. The molecule has 0 aliphatic carbocycles. The van der Waals surface area contributed by atoms with Gasteiger partial charge in [-0.3, -0.25) is 4.79 Å². The van der Waals surface area contributed by atoms with Crippen molar-refractivity contribution in [2.24, 2.45) is 0 Å². The van der Waals surface area contributed by atoms with E-state index in [9.17, 15) is 18.0 Å². The first-order valence-corrected chi connectivity index (χ1v) is 11.0. The minimum Gasteiger partial charge on any atom is -0.465 e. The van der Waals surface area contributed by atoms with Crippen LogP contribution in [0.25, 0.3) is 0 Å². The third-order valence-corrected chi connectivity index (χ3v) is 6.12. The Balaban J connectivity index is 1.92. The van der Waals surface area contributed by atoms with Crippen LogP contribution < -0.4 is 5.32 Å². The highest BCUT2D eigenvalue weighted by Crippen LogP contribution is 2.22. The molecule has 0 saturated carbocycles. The summed E-state index contributed by atoms with van der Waals surface area (Å²) in [5.74, 6) is -1.77. The Kier molecular flexibility index (Phi) is 6.67. The normalized spacial score (nSPS) is 11.1. The third kappa shape index (κ3) is 5.07. The van der Waals surface area contributed by atoms with E-state index < -0.39 is 26.9 Å². The first-order chi connectivity index (χ1) is 14.7. The zero-order valence-corrected chi connectivity index (χ0v) is 18.2. The predicted molar refractivity (Wildman–Crippen MR) is 115 cm³/mol. The second kappa shape index (κ2) is 9.23. The number of methoxy groups -OCH3 is 1. The maximum Gasteiger partial charge on any atom is 0.339 e. The van der Waals surface area contributed by atoms with Gasteiger partial charge in [0.15, 0.2) is 5.69 Å². The molecule has 2 aromatic carbocycles. The van der Waals surface area contributed by atoms with E-state index in [2.05, 4.69) is 15.3 Å². The van der Waals surface area contributed by atoms with Crippen molar-refractivity contribution in [3.8, 4) is 0 Å². The number of anilines is 1. The lowest BCUT2D eigenvalue weighted by Gasteiger charge is -2.11. The largest absolute Gasteiger partial charge is 0.465 e. The zero-order chi connectivity index (χ0) is 22.6. The molecule has 31 heavy (non-hydrogen) atoms. The number of carbonyl (C=O) groups excluding carboxylic acids is 2. The molecule has 0 bridgehead atoms. The summed E-state index contributed by atoms with van der Waals surface area (Å²) in [5, 5.41) is 1.85. The van der Waals surface area contributed by atoms with Crippen LogP contribution in [0, 0.1) is 6.92 Å². The molecule has 1 aromatic heterocycles. The van der Waals surface area contributed by atoms with Gasteiger partial charge in [-0.1, -0.05) is 48.0 Å². The predicted octanol–water partition coefficient (Wildman–Crippen LogP) is 3.45. The molecule has 10 heteroatoms. The van der Waals surface area contributed by atoms with Gasteiger partial charge < -0.3 is 10.1 Å². The maximum atomic E-state index is 12.8. The number of amides is 1. The second-order valence-corrected chi connectivity index (χ2v) is 8.82. The number of halogens is 1. The molecule has 3 rings (SSSR count). The molecule has 0 atom stereocenters. The lowest BCUT2D eigenvalue weighted by atomic mass is 10.1. The molecule has 0 saturated heterocycles. The molecule has 160 valence electrons. The van der Waals surface area contributed by atoms with E-state index in [-0.39, 0.29) is 27.7 Å². The van der Waals surface area contributed by atoms with Crippen LogP contribution in [0.5, 0.6) is 0 Å². The highest BCUT2D eigenvalue weighted by Gasteiger charge is 2.24. The van der Waals surface area contributed by atoms with E-state index in [1.54, 1.807) is 43.3 Å². The van der Waals surface area contributed by atoms with Crippen LogP contribution >= 0.6 is 11.6 Å². The van der Waals surface area contributed by atoms with E-state index in [1.165, 1.54) is 19.2 Å². The number of esters is 1. The van der Waals surface area contributed by atoms with E-state index in [0.717, 1.165) is 11.8 Å². The van der Waals surface area contributed by atoms with E-state index in [4.69, 9.17) is 16.3 Å². The van der Waals surface area contributed by atoms with E-state index >= 15 is 0 Å². The third-order valence-electron chi connectivity index (χ3n) is 4.40. The SMILES string of the molecule is COC(=O)c1ccccc1NC(=O)c1nc(S(=O)(=O)Cc2ccccc2C)ncc1Cl. The van der Waals surface area contributed by atoms with Gasteiger partial charge in [-0.05, 0) is 30.2 Å². The summed E-state index contributed by atoms with van der Waals surface area (Å²) < 4.78 is 30.3. The molecule has 1 heterocycles. The van der Waals surface area contributed by atoms with Crippen molar-refractivity contribution in [2.45, 2.75) is 17.8 Å². The van der Waals surface area contributed by atoms with Crippen LogP contribution in [0.3, 0.4) is 0 Å². The van der Waals surface area contributed by atoms with Gasteiger partial charge in [0.1, 0.15) is 0 Å². The van der Waals surface area contributed by atoms with Crippen molar-refractivity contribution in [1.29, 1.82) is 0 Å². The first kappa shape index (κ1) is 22.4. The molecular formula is C21H18ClN3O5S. The lowest BCUT2D eigenvalue weighted by molar-refractivity contribution is 0.0602. The zero-order valence-electron chi connectivity index (χ0n) is 16.6. The molecule has 0 aliphatic heterocycles. The first-order valence-electron chi connectivity index (χ1n) is 9.01. The minimum absolute atomic E-state index is 0.121. The fraction of sp³-hybridized carbons (Fsp3) is 0.143. The lowest BCUT2D eigenvalue weighted by Crippen LogP contribution is -2.19. The van der Waals surface area contributed by atoms with Crippen molar-refractivity contribution >= 4 is 39.0 Å². The number of aryl methyl sites for hydroxylation is 1. The number of hydrogen-bond donors (Lipinski definition) is 1. The van der Waals surface area contributed by atoms with Crippen molar-refractivity contribution in [2.75, 3.05) is 12.4 Å². The molecule has 8 nitrogen and oxygen atoms in total. The Labute approximate surface area is 184 Å². The van der Waals surface area contributed by atoms with Crippen LogP contribution in [0.15, 0.2) is 59.9 Å². The van der Waals surface area contributed by atoms with E-state index in [0.29, 0.717) is 5.56 Å². The number of aromatic nitrogens is 2. The van der Waals surface area contributed by atoms with Crippen LogP contribution in [-0.4, -0.2) is 37.4 Å². The van der Waals surface area contributed by atoms with Gasteiger partial charge in [0, 0.05) is 0 Å². The maximum absolute atomic E-state index is 12.8. The molecule has 1 amide bonds. The molecule has 0 spiro atoms. The Hall–Kier alpha value is -3.30. The summed E-state index contributed by atoms with van der Waals surface area (Å²) in [5.41, 5.74) is 1.35. The number of rotatable bonds is 6. The number of nitrogens with one attached hydrogen (secondary N) is 1. The van der Waals surface area contributed by atoms with Gasteiger partial charge in [-0.2, -0.15) is 0 Å². The Morgan fingerprint density at radius 2 is 1.77 bits per heavy atom. The molecule has 3 aromatic rings. The average molecular weight is 460 g/mol. The van der Waals surface area contributed by atoms with E-state index in [1.807, 2.05) is 0 Å². The summed E-state index contributed by atoms with van der Waals surface area (Å²) in [7, 11) is -2.73. The fourth-order valence-electron chi connectivity index (χ4n) is 2.76. The number of hydrogen-bond acceptors (Lipinski definition) is 7. The van der Waals surface area contributed by atoms with Crippen LogP contribution in [0.1, 0.15) is 32.0 Å². The molecule has 0 fully saturated rings. The molecule has 1 N–H and O–H groups in total. The van der Waals surface area contributed by atoms with Crippen molar-refractivity contribution in [3.63, 3.8) is 0 Å². The van der Waals surface area contributed by atoms with Crippen LogP contribution in [0.4, 0.5) is 5.69 Å². The van der Waals surface area contributed by atoms with Crippen molar-refractivity contribution < 1.29 is 22.7 Å². The van der Waals surface area contributed by atoms with Crippen LogP contribution in [-0.2, 0) is 20.3 Å². The number of carbonyl (C=O) groups is 2. The number of ether oxygens (including phenoxy) is 1. The second-order valence-electron chi connectivity index (χ2n) is 6.53. The minimum atomic E-state index is -3.94. The van der Waals surface area contributed by atoms with Gasteiger partial charge in [-0.15, -0.1) is 0 Å². The topological polar surface area (TPSA) is 115 Å². The molecule has 0 aliphatic rings. The smallest absolute Gasteiger partial charge is 0.339 e. The van der Waals surface area contributed by atoms with Crippen LogP contribution in [0.2, 0.25) is 5.02 Å². The van der Waals surface area contributed by atoms with Gasteiger partial charge in [0.05, 0.1) is 35.3 Å². The number of nitrogens with zero attached hydrogens (tertiary/aromatic N) is 2. The quantitative estimate of drug-likeness (QED) is 0.443. The summed E-state index contributed by atoms with van der Waals surface area (Å²) in [6.45, 7) is 1.80. The molecule has 0 radical (unpaired) electrons. The average Bonchev–Trinajstić information content (AvgIpc) is 2.75. The van der Waals surface area contributed by atoms with Gasteiger partial charge in [0.2, 0.25) is 15.0 Å². The number of sulfone groups is 1. The van der Waals surface area contributed by atoms with Crippen molar-refractivity contribution in [1.82, 2.24) is 9.97 Å². The molecular weight excluding hydrogens is 442 g/mol. The number of benzene rings is 2. The Morgan fingerprint density at radius 3 is 2.48 bits per heavy atom. The Bertz CT molecular complexity index is 1260. The highest BCUT2D eigenvalue weighted by atomic mass is 35.5. The summed E-state index contributed by atoms with van der Waals surface area (Å²) in [6, 6.07) is 13.2. The standard InChI is InChI=1S/C21H18ClN3O5S/c1-13-7-3-4-8-14(13)12-31(28,29)21-23-11-16(22)18(25-21)19(26)24-17-10-6-5-9-15(17)20(27)30-2/h3-11H,12H2,1-2H3,(H,24,26). The van der Waals surface area contributed by atoms with Gasteiger partial charge in [0.25, 0.3) is 5.91 Å². The summed E-state index contributed by atoms with van der Waals surface area (Å²) in [6.07, 6.45) is 1.06. The monoisotopic (exact) mass is 459 g/mol. The van der Waals surface area contributed by atoms with Crippen molar-refractivity contribution in [3.05, 3.63) is 82.1 Å². The summed E-state index contributed by atoms with van der Waals surface area (Å²) >= 11 is 6.05. The van der Waals surface area contributed by atoms with Gasteiger partial charge >= 0.3 is 5.97 Å². The molecule has 0 unspecified atom stereocenters. The highest BCUT2D eigenvalue weighted by molar-refractivity contribution is 7.90. The fourth-order valence-corrected chi connectivity index (χ4v) is 4.25. The van der Waals surface area contributed by atoms with Gasteiger partial charge in [-0.25, -0.2) is 23.2 Å². The Morgan fingerprint density at radius 1 is 1.10 bits per heavy atom.